The zero-order chi connectivity index (χ0) is 20.8. The second kappa shape index (κ2) is 8.98. The number of hydrogen-bond donors (Lipinski definition) is 1. The lowest BCUT2D eigenvalue weighted by Crippen LogP contribution is -2.00. The molecule has 148 valence electrons. The average Bonchev–Trinajstić information content (AvgIpc) is 2.74. The normalized spacial score (nSPS) is 10.3. The highest BCUT2D eigenvalue weighted by atomic mass is 16.5. The summed E-state index contributed by atoms with van der Waals surface area (Å²) in [5, 5.41) is 9.64. The summed E-state index contributed by atoms with van der Waals surface area (Å²) in [6, 6.07) is 17.2. The van der Waals surface area contributed by atoms with Crippen molar-refractivity contribution in [3.05, 3.63) is 54.1 Å². The van der Waals surface area contributed by atoms with Crippen molar-refractivity contribution in [2.24, 2.45) is 0 Å². The van der Waals surface area contributed by atoms with Gasteiger partial charge >= 0.3 is 0 Å². The summed E-state index contributed by atoms with van der Waals surface area (Å²) in [7, 11) is 1.58. The summed E-state index contributed by atoms with van der Waals surface area (Å²) in [6.45, 7) is 4.98. The van der Waals surface area contributed by atoms with Crippen LogP contribution in [-0.4, -0.2) is 25.3 Å². The van der Waals surface area contributed by atoms with E-state index in [9.17, 15) is 5.26 Å². The van der Waals surface area contributed by atoms with Gasteiger partial charge in [0.25, 0.3) is 0 Å². The molecule has 0 fully saturated rings. The van der Waals surface area contributed by atoms with Crippen LogP contribution in [0.5, 0.6) is 17.2 Å². The monoisotopic (exact) mass is 389 g/mol. The van der Waals surface area contributed by atoms with Gasteiger partial charge in [0.2, 0.25) is 0 Å². The molecule has 1 heterocycles. The Balaban J connectivity index is 2.10. The van der Waals surface area contributed by atoms with E-state index in [0.29, 0.717) is 41.5 Å². The Morgan fingerprint density at radius 1 is 0.931 bits per heavy atom. The minimum Gasteiger partial charge on any atom is -0.494 e. The molecule has 0 atom stereocenters. The molecule has 0 saturated heterocycles. The van der Waals surface area contributed by atoms with Gasteiger partial charge in [0.15, 0.2) is 11.5 Å². The van der Waals surface area contributed by atoms with Gasteiger partial charge in [-0.05, 0) is 61.9 Å². The van der Waals surface area contributed by atoms with Crippen LogP contribution in [0.3, 0.4) is 0 Å². The quantitative estimate of drug-likeness (QED) is 0.631. The Bertz CT molecular complexity index is 1040. The van der Waals surface area contributed by atoms with Gasteiger partial charge in [-0.1, -0.05) is 6.07 Å². The van der Waals surface area contributed by atoms with Crippen LogP contribution in [0.4, 0.5) is 5.82 Å². The standard InChI is InChI=1S/C23H23N3O3/c1-4-28-17-9-6-15(7-10-17)20-13-18(19(14-24)23(25)26-20)16-8-11-21(29-5-2)22(12-16)27-3/h6-13H,4-5H2,1-3H3,(H2,25,26). The number of ether oxygens (including phenoxy) is 3. The zero-order valence-corrected chi connectivity index (χ0v) is 16.7. The number of nitrogen functional groups attached to an aromatic ring is 1. The van der Waals surface area contributed by atoms with Gasteiger partial charge in [-0.25, -0.2) is 4.98 Å². The van der Waals surface area contributed by atoms with Gasteiger partial charge in [-0.15, -0.1) is 0 Å². The van der Waals surface area contributed by atoms with Crippen LogP contribution in [0.1, 0.15) is 19.4 Å². The van der Waals surface area contributed by atoms with Crippen molar-refractivity contribution < 1.29 is 14.2 Å². The van der Waals surface area contributed by atoms with E-state index in [1.165, 1.54) is 0 Å². The van der Waals surface area contributed by atoms with Crippen LogP contribution in [0.2, 0.25) is 0 Å². The van der Waals surface area contributed by atoms with E-state index in [1.54, 1.807) is 7.11 Å². The molecule has 2 N–H and O–H groups in total. The van der Waals surface area contributed by atoms with Crippen molar-refractivity contribution in [3.8, 4) is 45.7 Å². The van der Waals surface area contributed by atoms with E-state index >= 15 is 0 Å². The number of nitrogens with two attached hydrogens (primary N) is 1. The molecule has 3 aromatic rings. The Hall–Kier alpha value is -3.72. The Labute approximate surface area is 170 Å². The lowest BCUT2D eigenvalue weighted by Gasteiger charge is -2.14. The summed E-state index contributed by atoms with van der Waals surface area (Å²) < 4.78 is 16.5. The van der Waals surface area contributed by atoms with Crippen LogP contribution in [0.25, 0.3) is 22.4 Å². The van der Waals surface area contributed by atoms with E-state index in [2.05, 4.69) is 11.1 Å². The highest BCUT2D eigenvalue weighted by molar-refractivity contribution is 5.81. The molecule has 29 heavy (non-hydrogen) atoms. The number of methoxy groups -OCH3 is 1. The maximum absolute atomic E-state index is 9.64. The fraction of sp³-hybridized carbons (Fsp3) is 0.217. The molecule has 0 spiro atoms. The summed E-state index contributed by atoms with van der Waals surface area (Å²) in [5.41, 5.74) is 9.48. The van der Waals surface area contributed by atoms with Crippen molar-refractivity contribution in [2.45, 2.75) is 13.8 Å². The van der Waals surface area contributed by atoms with E-state index in [4.69, 9.17) is 19.9 Å². The number of hydrogen-bond acceptors (Lipinski definition) is 6. The molecule has 0 bridgehead atoms. The van der Waals surface area contributed by atoms with Gasteiger partial charge in [0, 0.05) is 11.1 Å². The number of aromatic nitrogens is 1. The predicted octanol–water partition coefficient (Wildman–Crippen LogP) is 4.68. The average molecular weight is 389 g/mol. The second-order valence-corrected chi connectivity index (χ2v) is 6.18. The highest BCUT2D eigenvalue weighted by Gasteiger charge is 2.15. The van der Waals surface area contributed by atoms with Gasteiger partial charge in [0.1, 0.15) is 23.2 Å². The van der Waals surface area contributed by atoms with Gasteiger partial charge in [0.05, 0.1) is 26.0 Å². The van der Waals surface area contributed by atoms with Crippen LogP contribution >= 0.6 is 0 Å². The second-order valence-electron chi connectivity index (χ2n) is 6.18. The summed E-state index contributed by atoms with van der Waals surface area (Å²) in [4.78, 5) is 4.42. The number of pyridine rings is 1. The van der Waals surface area contributed by atoms with E-state index in [1.807, 2.05) is 62.4 Å². The van der Waals surface area contributed by atoms with Crippen LogP contribution in [0, 0.1) is 11.3 Å². The molecule has 2 aromatic carbocycles. The molecule has 0 aliphatic carbocycles. The van der Waals surface area contributed by atoms with Crippen LogP contribution in [-0.2, 0) is 0 Å². The fourth-order valence-corrected chi connectivity index (χ4v) is 3.06. The summed E-state index contributed by atoms with van der Waals surface area (Å²) in [6.07, 6.45) is 0. The maximum atomic E-state index is 9.64. The van der Waals surface area contributed by atoms with E-state index in [-0.39, 0.29) is 5.82 Å². The van der Waals surface area contributed by atoms with E-state index < -0.39 is 0 Å². The SMILES string of the molecule is CCOc1ccc(-c2cc(-c3ccc(OCC)c(OC)c3)c(C#N)c(N)n2)cc1. The molecular formula is C23H23N3O3. The molecule has 0 amide bonds. The first-order chi connectivity index (χ1) is 14.1. The summed E-state index contributed by atoms with van der Waals surface area (Å²) in [5.74, 6) is 2.20. The number of nitriles is 1. The lowest BCUT2D eigenvalue weighted by atomic mass is 9.98. The predicted molar refractivity (Wildman–Crippen MR) is 113 cm³/mol. The van der Waals surface area contributed by atoms with Gasteiger partial charge in [-0.2, -0.15) is 5.26 Å². The van der Waals surface area contributed by atoms with Gasteiger partial charge in [-0.3, -0.25) is 0 Å². The number of anilines is 1. The maximum Gasteiger partial charge on any atom is 0.161 e. The first-order valence-corrected chi connectivity index (χ1v) is 9.36. The molecule has 3 rings (SSSR count). The molecule has 0 aliphatic rings. The topological polar surface area (TPSA) is 90.4 Å². The van der Waals surface area contributed by atoms with Gasteiger partial charge < -0.3 is 19.9 Å². The van der Waals surface area contributed by atoms with Crippen LogP contribution < -0.4 is 19.9 Å². The number of benzene rings is 2. The zero-order valence-electron chi connectivity index (χ0n) is 16.7. The highest BCUT2D eigenvalue weighted by Crippen LogP contribution is 2.36. The molecule has 0 aliphatic heterocycles. The fourth-order valence-electron chi connectivity index (χ4n) is 3.06. The van der Waals surface area contributed by atoms with Crippen molar-refractivity contribution in [2.75, 3.05) is 26.1 Å². The molecule has 1 aromatic heterocycles. The third-order valence-corrected chi connectivity index (χ3v) is 4.39. The molecule has 6 heteroatoms. The Morgan fingerprint density at radius 3 is 2.24 bits per heavy atom. The van der Waals surface area contributed by atoms with Crippen molar-refractivity contribution in [3.63, 3.8) is 0 Å². The number of rotatable bonds is 7. The van der Waals surface area contributed by atoms with Crippen molar-refractivity contribution in [1.29, 1.82) is 5.26 Å². The first-order valence-electron chi connectivity index (χ1n) is 9.36. The third-order valence-electron chi connectivity index (χ3n) is 4.39. The Kier molecular flexibility index (Phi) is 6.20. The van der Waals surface area contributed by atoms with Crippen molar-refractivity contribution in [1.82, 2.24) is 4.98 Å². The molecule has 0 radical (unpaired) electrons. The molecule has 6 nitrogen and oxygen atoms in total. The molecular weight excluding hydrogens is 366 g/mol. The van der Waals surface area contributed by atoms with E-state index in [0.717, 1.165) is 16.9 Å². The minimum atomic E-state index is 0.182. The van der Waals surface area contributed by atoms with Crippen molar-refractivity contribution >= 4 is 5.82 Å². The third kappa shape index (κ3) is 4.25. The Morgan fingerprint density at radius 2 is 1.62 bits per heavy atom. The molecule has 0 unspecified atom stereocenters. The minimum absolute atomic E-state index is 0.182. The van der Waals surface area contributed by atoms with Crippen LogP contribution in [0.15, 0.2) is 48.5 Å². The number of nitrogens with zero attached hydrogens (tertiary/aromatic N) is 2. The first kappa shape index (κ1) is 20.0. The largest absolute Gasteiger partial charge is 0.494 e. The molecule has 0 saturated carbocycles. The smallest absolute Gasteiger partial charge is 0.161 e. The summed E-state index contributed by atoms with van der Waals surface area (Å²) >= 11 is 0. The lowest BCUT2D eigenvalue weighted by molar-refractivity contribution is 0.311.